The maximum atomic E-state index is 6.05. The van der Waals surface area contributed by atoms with Gasteiger partial charge in [-0.25, -0.2) is 0 Å². The van der Waals surface area contributed by atoms with Crippen LogP contribution in [0, 0.1) is 5.92 Å². The quantitative estimate of drug-likeness (QED) is 0.806. The molecule has 15 heavy (non-hydrogen) atoms. The van der Waals surface area contributed by atoms with Crippen LogP contribution in [-0.4, -0.2) is 22.5 Å². The lowest BCUT2D eigenvalue weighted by molar-refractivity contribution is 0.731. The minimum atomic E-state index is 0.260. The molecule has 0 aliphatic heterocycles. The minimum Gasteiger partial charge on any atom is -0.327 e. The molecule has 0 amide bonds. The second-order valence-electron chi connectivity index (χ2n) is 4.25. The minimum absolute atomic E-state index is 0.260. The van der Waals surface area contributed by atoms with Gasteiger partial charge in [-0.2, -0.15) is 11.8 Å². The third-order valence-corrected chi connectivity index (χ3v) is 3.60. The normalized spacial score (nSPS) is 13.1. The molecule has 84 valence electrons. The first-order valence-electron chi connectivity index (χ1n) is 5.40. The zero-order valence-corrected chi connectivity index (χ0v) is 10.3. The Hall–Kier alpha value is -0.540. The number of hydrogen-bond donors (Lipinski definition) is 1. The van der Waals surface area contributed by atoms with Crippen LogP contribution in [0.4, 0.5) is 0 Å². The molecule has 0 aliphatic rings. The molecular formula is C12H20N2S. The van der Waals surface area contributed by atoms with E-state index < -0.39 is 0 Å². The third kappa shape index (κ3) is 5.80. The van der Waals surface area contributed by atoms with Crippen LogP contribution >= 0.6 is 11.8 Å². The second kappa shape index (κ2) is 6.85. The molecule has 0 spiro atoms. The largest absolute Gasteiger partial charge is 0.327 e. The first-order chi connectivity index (χ1) is 7.18. The van der Waals surface area contributed by atoms with Crippen LogP contribution in [0.5, 0.6) is 0 Å². The first kappa shape index (κ1) is 12.5. The molecular weight excluding hydrogens is 204 g/mol. The van der Waals surface area contributed by atoms with E-state index in [4.69, 9.17) is 5.73 Å². The van der Waals surface area contributed by atoms with Gasteiger partial charge in [0.15, 0.2) is 0 Å². The Bertz CT molecular complexity index is 262. The molecule has 0 radical (unpaired) electrons. The van der Waals surface area contributed by atoms with Gasteiger partial charge >= 0.3 is 0 Å². The summed E-state index contributed by atoms with van der Waals surface area (Å²) >= 11 is 1.95. The molecule has 1 atom stereocenters. The Kier molecular flexibility index (Phi) is 5.73. The number of rotatable bonds is 6. The monoisotopic (exact) mass is 224 g/mol. The fourth-order valence-electron chi connectivity index (χ4n) is 1.34. The summed E-state index contributed by atoms with van der Waals surface area (Å²) in [5, 5.41) is 0. The van der Waals surface area contributed by atoms with E-state index in [2.05, 4.69) is 18.8 Å². The molecule has 2 N–H and O–H groups in total. The number of pyridine rings is 1. The van der Waals surface area contributed by atoms with E-state index in [-0.39, 0.29) is 6.04 Å². The van der Waals surface area contributed by atoms with E-state index in [1.54, 1.807) is 0 Å². The summed E-state index contributed by atoms with van der Waals surface area (Å²) in [7, 11) is 0. The summed E-state index contributed by atoms with van der Waals surface area (Å²) in [4.78, 5) is 3.99. The maximum Gasteiger partial charge on any atom is 0.0270 e. The van der Waals surface area contributed by atoms with Gasteiger partial charge in [0.1, 0.15) is 0 Å². The smallest absolute Gasteiger partial charge is 0.0270 e. The van der Waals surface area contributed by atoms with Crippen molar-refractivity contribution in [2.45, 2.75) is 26.3 Å². The summed E-state index contributed by atoms with van der Waals surface area (Å²) in [6.45, 7) is 4.47. The van der Waals surface area contributed by atoms with Crippen molar-refractivity contribution in [3.63, 3.8) is 0 Å². The molecule has 1 heterocycles. The van der Waals surface area contributed by atoms with Crippen molar-refractivity contribution >= 4 is 11.8 Å². The zero-order valence-electron chi connectivity index (χ0n) is 9.52. The maximum absolute atomic E-state index is 6.05. The van der Waals surface area contributed by atoms with Crippen LogP contribution in [0.15, 0.2) is 24.5 Å². The van der Waals surface area contributed by atoms with Crippen molar-refractivity contribution in [3.05, 3.63) is 30.1 Å². The highest BCUT2D eigenvalue weighted by Crippen LogP contribution is 2.10. The van der Waals surface area contributed by atoms with Crippen LogP contribution in [-0.2, 0) is 6.42 Å². The van der Waals surface area contributed by atoms with Gasteiger partial charge in [0, 0.05) is 24.2 Å². The van der Waals surface area contributed by atoms with Gasteiger partial charge in [-0.3, -0.25) is 4.98 Å². The molecule has 0 fully saturated rings. The second-order valence-corrected chi connectivity index (χ2v) is 5.33. The number of aromatic nitrogens is 1. The van der Waals surface area contributed by atoms with Gasteiger partial charge in [-0.15, -0.1) is 0 Å². The number of nitrogens with zero attached hydrogens (tertiary/aromatic N) is 1. The predicted molar refractivity (Wildman–Crippen MR) is 68.1 cm³/mol. The van der Waals surface area contributed by atoms with Crippen molar-refractivity contribution < 1.29 is 0 Å². The average molecular weight is 224 g/mol. The molecule has 1 unspecified atom stereocenters. The summed E-state index contributed by atoms with van der Waals surface area (Å²) in [6.07, 6.45) is 4.60. The van der Waals surface area contributed by atoms with E-state index in [1.165, 1.54) is 11.3 Å². The third-order valence-electron chi connectivity index (χ3n) is 2.03. The fraction of sp³-hybridized carbons (Fsp3) is 0.583. The van der Waals surface area contributed by atoms with Gasteiger partial charge in [-0.05, 0) is 35.8 Å². The Morgan fingerprint density at radius 1 is 1.27 bits per heavy atom. The Morgan fingerprint density at radius 3 is 2.53 bits per heavy atom. The Morgan fingerprint density at radius 2 is 1.93 bits per heavy atom. The Labute approximate surface area is 96.7 Å². The van der Waals surface area contributed by atoms with E-state index >= 15 is 0 Å². The van der Waals surface area contributed by atoms with Crippen molar-refractivity contribution in [1.29, 1.82) is 0 Å². The zero-order chi connectivity index (χ0) is 11.1. The van der Waals surface area contributed by atoms with Crippen molar-refractivity contribution in [2.75, 3.05) is 11.5 Å². The highest BCUT2D eigenvalue weighted by atomic mass is 32.2. The number of thioether (sulfide) groups is 1. The molecule has 0 saturated carbocycles. The van der Waals surface area contributed by atoms with Gasteiger partial charge in [0.2, 0.25) is 0 Å². The van der Waals surface area contributed by atoms with Gasteiger partial charge < -0.3 is 5.73 Å². The van der Waals surface area contributed by atoms with E-state index in [9.17, 15) is 0 Å². The molecule has 3 heteroatoms. The molecule has 0 aromatic carbocycles. The van der Waals surface area contributed by atoms with E-state index in [0.29, 0.717) is 0 Å². The van der Waals surface area contributed by atoms with Crippen molar-refractivity contribution in [2.24, 2.45) is 11.7 Å². The van der Waals surface area contributed by atoms with Gasteiger partial charge in [0.05, 0.1) is 0 Å². The molecule has 0 saturated heterocycles. The van der Waals surface area contributed by atoms with Crippen LogP contribution in [0.3, 0.4) is 0 Å². The molecule has 0 bridgehead atoms. The lowest BCUT2D eigenvalue weighted by atomic mass is 10.1. The lowest BCUT2D eigenvalue weighted by Gasteiger charge is -2.12. The molecule has 1 rings (SSSR count). The molecule has 1 aromatic heterocycles. The van der Waals surface area contributed by atoms with Crippen LogP contribution in [0.1, 0.15) is 19.4 Å². The molecule has 2 nitrogen and oxygen atoms in total. The predicted octanol–water partition coefficient (Wildman–Crippen LogP) is 2.34. The van der Waals surface area contributed by atoms with E-state index in [0.717, 1.165) is 18.1 Å². The van der Waals surface area contributed by atoms with Crippen molar-refractivity contribution in [3.8, 4) is 0 Å². The standard InChI is InChI=1S/C12H20N2S/c1-10(2)8-15-9-12(13)7-11-3-5-14-6-4-11/h3-6,10,12H,7-9,13H2,1-2H3. The lowest BCUT2D eigenvalue weighted by Crippen LogP contribution is -2.26. The number of hydrogen-bond acceptors (Lipinski definition) is 3. The highest BCUT2D eigenvalue weighted by Gasteiger charge is 2.04. The molecule has 0 aliphatic carbocycles. The SMILES string of the molecule is CC(C)CSCC(N)Cc1ccncc1. The summed E-state index contributed by atoms with van der Waals surface area (Å²) in [5.41, 5.74) is 7.33. The molecule has 1 aromatic rings. The highest BCUT2D eigenvalue weighted by molar-refractivity contribution is 7.99. The topological polar surface area (TPSA) is 38.9 Å². The van der Waals surface area contributed by atoms with Crippen LogP contribution in [0.25, 0.3) is 0 Å². The van der Waals surface area contributed by atoms with Crippen LogP contribution < -0.4 is 5.73 Å². The van der Waals surface area contributed by atoms with Crippen LogP contribution in [0.2, 0.25) is 0 Å². The Balaban J connectivity index is 2.21. The first-order valence-corrected chi connectivity index (χ1v) is 6.56. The van der Waals surface area contributed by atoms with E-state index in [1.807, 2.05) is 36.3 Å². The number of nitrogens with two attached hydrogens (primary N) is 1. The summed E-state index contributed by atoms with van der Waals surface area (Å²) in [5.74, 6) is 2.99. The van der Waals surface area contributed by atoms with Crippen molar-refractivity contribution in [1.82, 2.24) is 4.98 Å². The summed E-state index contributed by atoms with van der Waals surface area (Å²) < 4.78 is 0. The van der Waals surface area contributed by atoms with Gasteiger partial charge in [-0.1, -0.05) is 13.8 Å². The summed E-state index contributed by atoms with van der Waals surface area (Å²) in [6, 6.07) is 4.33. The average Bonchev–Trinajstić information content (AvgIpc) is 2.18. The van der Waals surface area contributed by atoms with Gasteiger partial charge in [0.25, 0.3) is 0 Å². The fourth-order valence-corrected chi connectivity index (χ4v) is 2.36.